The zero-order valence-electron chi connectivity index (χ0n) is 17.2. The number of hydrogen-bond donors (Lipinski definition) is 0. The molecule has 1 aromatic heterocycles. The minimum atomic E-state index is -3.62. The van der Waals surface area contributed by atoms with Crippen LogP contribution in [0, 0.1) is 0 Å². The molecule has 7 nitrogen and oxygen atoms in total. The number of esters is 1. The van der Waals surface area contributed by atoms with Crippen molar-refractivity contribution in [1.82, 2.24) is 9.29 Å². The van der Waals surface area contributed by atoms with E-state index in [1.165, 1.54) is 16.1 Å². The molecular formula is C23H22N2O5S2. The van der Waals surface area contributed by atoms with Crippen molar-refractivity contribution in [3.63, 3.8) is 0 Å². The van der Waals surface area contributed by atoms with Gasteiger partial charge in [-0.3, -0.25) is 0 Å². The van der Waals surface area contributed by atoms with E-state index >= 15 is 0 Å². The van der Waals surface area contributed by atoms with Crippen LogP contribution in [-0.4, -0.2) is 50.0 Å². The van der Waals surface area contributed by atoms with Crippen LogP contribution in [0.4, 0.5) is 0 Å². The Hall–Kier alpha value is -2.72. The third-order valence-electron chi connectivity index (χ3n) is 4.83. The first-order chi connectivity index (χ1) is 15.5. The van der Waals surface area contributed by atoms with Crippen LogP contribution in [0.3, 0.4) is 0 Å². The molecule has 1 aliphatic rings. The Balaban J connectivity index is 1.46. The molecule has 166 valence electrons. The lowest BCUT2D eigenvalue weighted by molar-refractivity contribution is 0.0467. The van der Waals surface area contributed by atoms with Crippen molar-refractivity contribution in [2.45, 2.75) is 21.4 Å². The molecule has 0 amide bonds. The van der Waals surface area contributed by atoms with Crippen LogP contribution in [0.5, 0.6) is 0 Å². The molecule has 1 aliphatic heterocycles. The van der Waals surface area contributed by atoms with Crippen molar-refractivity contribution in [1.29, 1.82) is 0 Å². The van der Waals surface area contributed by atoms with Crippen LogP contribution in [0.15, 0.2) is 87.7 Å². The number of benzene rings is 2. The van der Waals surface area contributed by atoms with Gasteiger partial charge in [-0.25, -0.2) is 18.2 Å². The highest BCUT2D eigenvalue weighted by Crippen LogP contribution is 2.29. The molecule has 1 saturated heterocycles. The fourth-order valence-corrected chi connectivity index (χ4v) is 5.56. The maximum atomic E-state index is 12.9. The van der Waals surface area contributed by atoms with E-state index < -0.39 is 16.0 Å². The molecule has 0 aliphatic carbocycles. The lowest BCUT2D eigenvalue weighted by atomic mass is 10.2. The van der Waals surface area contributed by atoms with Crippen LogP contribution >= 0.6 is 11.8 Å². The highest BCUT2D eigenvalue weighted by molar-refractivity contribution is 7.99. The largest absolute Gasteiger partial charge is 0.457 e. The Morgan fingerprint density at radius 2 is 1.81 bits per heavy atom. The SMILES string of the molecule is O=C(OCc1cccc(S(=O)(=O)N2CCOCC2)c1)c1cccnc1Sc1ccccc1. The van der Waals surface area contributed by atoms with E-state index in [0.29, 0.717) is 42.5 Å². The van der Waals surface area contributed by atoms with Crippen LogP contribution in [0.25, 0.3) is 0 Å². The van der Waals surface area contributed by atoms with Gasteiger partial charge >= 0.3 is 5.97 Å². The van der Waals surface area contributed by atoms with Crippen molar-refractivity contribution in [3.05, 3.63) is 84.1 Å². The quantitative estimate of drug-likeness (QED) is 0.488. The van der Waals surface area contributed by atoms with E-state index in [0.717, 1.165) is 4.90 Å². The van der Waals surface area contributed by atoms with Gasteiger partial charge in [0.2, 0.25) is 10.0 Å². The number of morpholine rings is 1. The second-order valence-electron chi connectivity index (χ2n) is 7.01. The summed E-state index contributed by atoms with van der Waals surface area (Å²) < 4.78 is 37.9. The second-order valence-corrected chi connectivity index (χ2v) is 10.0. The standard InChI is InChI=1S/C23H22N2O5S2/c26-23(21-10-5-11-24-22(21)31-19-7-2-1-3-8-19)30-17-18-6-4-9-20(16-18)32(27,28)25-12-14-29-15-13-25/h1-11,16H,12-15,17H2. The van der Waals surface area contributed by atoms with Crippen molar-refractivity contribution < 1.29 is 22.7 Å². The molecular weight excluding hydrogens is 448 g/mol. The lowest BCUT2D eigenvalue weighted by Crippen LogP contribution is -2.40. The minimum absolute atomic E-state index is 0.0460. The first-order valence-electron chi connectivity index (χ1n) is 10.1. The molecule has 1 fully saturated rings. The summed E-state index contributed by atoms with van der Waals surface area (Å²) in [5, 5.41) is 0.548. The van der Waals surface area contributed by atoms with Gasteiger partial charge in [-0.1, -0.05) is 42.1 Å². The Morgan fingerprint density at radius 1 is 1.03 bits per heavy atom. The van der Waals surface area contributed by atoms with Crippen LogP contribution in [0.1, 0.15) is 15.9 Å². The highest BCUT2D eigenvalue weighted by atomic mass is 32.2. The molecule has 0 N–H and O–H groups in total. The summed E-state index contributed by atoms with van der Waals surface area (Å²) in [7, 11) is -3.62. The predicted octanol–water partition coefficient (Wildman–Crippen LogP) is 3.61. The number of rotatable bonds is 7. The number of carbonyl (C=O) groups is 1. The van der Waals surface area contributed by atoms with Gasteiger partial charge in [-0.05, 0) is 42.0 Å². The zero-order chi connectivity index (χ0) is 22.4. The van der Waals surface area contributed by atoms with Crippen LogP contribution < -0.4 is 0 Å². The summed E-state index contributed by atoms with van der Waals surface area (Å²) in [5.74, 6) is -0.516. The third-order valence-corrected chi connectivity index (χ3v) is 7.75. The summed E-state index contributed by atoms with van der Waals surface area (Å²) in [6, 6.07) is 19.5. The Kier molecular flexibility index (Phi) is 7.21. The van der Waals surface area contributed by atoms with Gasteiger partial charge in [0.05, 0.1) is 23.7 Å². The van der Waals surface area contributed by atoms with Gasteiger partial charge < -0.3 is 9.47 Å². The van der Waals surface area contributed by atoms with Gasteiger partial charge in [0.1, 0.15) is 11.6 Å². The molecule has 0 bridgehead atoms. The maximum absolute atomic E-state index is 12.9. The summed E-state index contributed by atoms with van der Waals surface area (Å²) in [4.78, 5) is 18.2. The molecule has 0 atom stereocenters. The van der Waals surface area contributed by atoms with Crippen LogP contribution in [0.2, 0.25) is 0 Å². The summed E-state index contributed by atoms with van der Waals surface area (Å²) in [6.45, 7) is 1.36. The normalized spacial score (nSPS) is 14.8. The van der Waals surface area contributed by atoms with Gasteiger partial charge in [-0.15, -0.1) is 0 Å². The van der Waals surface area contributed by atoms with E-state index in [-0.39, 0.29) is 11.5 Å². The predicted molar refractivity (Wildman–Crippen MR) is 120 cm³/mol. The molecule has 9 heteroatoms. The summed E-state index contributed by atoms with van der Waals surface area (Å²) in [6.07, 6.45) is 1.63. The average Bonchev–Trinajstić information content (AvgIpc) is 2.84. The first kappa shape index (κ1) is 22.5. The molecule has 32 heavy (non-hydrogen) atoms. The number of carbonyl (C=O) groups excluding carboxylic acids is 1. The smallest absolute Gasteiger partial charge is 0.341 e. The molecule has 2 aromatic carbocycles. The summed E-state index contributed by atoms with van der Waals surface area (Å²) >= 11 is 1.38. The minimum Gasteiger partial charge on any atom is -0.457 e. The number of ether oxygens (including phenoxy) is 2. The molecule has 2 heterocycles. The number of pyridine rings is 1. The highest BCUT2D eigenvalue weighted by Gasteiger charge is 2.26. The molecule has 0 radical (unpaired) electrons. The van der Waals surface area contributed by atoms with Gasteiger partial charge in [0, 0.05) is 24.2 Å². The molecule has 4 rings (SSSR count). The second kappa shape index (κ2) is 10.3. The van der Waals surface area contributed by atoms with Crippen molar-refractivity contribution in [2.24, 2.45) is 0 Å². The van der Waals surface area contributed by atoms with Gasteiger partial charge in [0.15, 0.2) is 0 Å². The summed E-state index contributed by atoms with van der Waals surface area (Å²) in [5.41, 5.74) is 0.951. The van der Waals surface area contributed by atoms with E-state index in [9.17, 15) is 13.2 Å². The molecule has 0 unspecified atom stereocenters. The Labute approximate surface area is 191 Å². The number of nitrogens with zero attached hydrogens (tertiary/aromatic N) is 2. The number of sulfonamides is 1. The van der Waals surface area contributed by atoms with Crippen molar-refractivity contribution >= 4 is 27.8 Å². The average molecular weight is 471 g/mol. The fraction of sp³-hybridized carbons (Fsp3) is 0.217. The molecule has 0 saturated carbocycles. The van der Waals surface area contributed by atoms with E-state index in [1.807, 2.05) is 30.3 Å². The number of aromatic nitrogens is 1. The third kappa shape index (κ3) is 5.36. The first-order valence-corrected chi connectivity index (χ1v) is 12.3. The molecule has 0 spiro atoms. The number of hydrogen-bond acceptors (Lipinski definition) is 7. The van der Waals surface area contributed by atoms with Crippen LogP contribution in [-0.2, 0) is 26.1 Å². The van der Waals surface area contributed by atoms with Gasteiger partial charge in [-0.2, -0.15) is 4.31 Å². The van der Waals surface area contributed by atoms with Gasteiger partial charge in [0.25, 0.3) is 0 Å². The van der Waals surface area contributed by atoms with Crippen molar-refractivity contribution in [2.75, 3.05) is 26.3 Å². The Bertz CT molecular complexity index is 1180. The van der Waals surface area contributed by atoms with E-state index in [2.05, 4.69) is 4.98 Å². The molecule has 3 aromatic rings. The van der Waals surface area contributed by atoms with Crippen molar-refractivity contribution in [3.8, 4) is 0 Å². The topological polar surface area (TPSA) is 85.8 Å². The van der Waals surface area contributed by atoms with E-state index in [4.69, 9.17) is 9.47 Å². The fourth-order valence-electron chi connectivity index (χ4n) is 3.19. The zero-order valence-corrected chi connectivity index (χ0v) is 18.8. The Morgan fingerprint density at radius 3 is 2.59 bits per heavy atom. The monoisotopic (exact) mass is 470 g/mol. The van der Waals surface area contributed by atoms with E-state index in [1.54, 1.807) is 42.6 Å². The maximum Gasteiger partial charge on any atom is 0.341 e. The lowest BCUT2D eigenvalue weighted by Gasteiger charge is -2.26.